The van der Waals surface area contributed by atoms with E-state index in [1.165, 1.54) is 59.2 Å². The minimum absolute atomic E-state index is 0.257. The quantitative estimate of drug-likeness (QED) is 0.0662. The molecule has 6 aromatic rings. The van der Waals surface area contributed by atoms with E-state index in [1.54, 1.807) is 6.08 Å². The van der Waals surface area contributed by atoms with Gasteiger partial charge in [0.05, 0.1) is 29.4 Å². The van der Waals surface area contributed by atoms with Gasteiger partial charge >= 0.3 is 0 Å². The van der Waals surface area contributed by atoms with Gasteiger partial charge in [-0.3, -0.25) is 15.3 Å². The summed E-state index contributed by atoms with van der Waals surface area (Å²) >= 11 is 0. The lowest BCUT2D eigenvalue weighted by molar-refractivity contribution is 0.393. The molecule has 8 heteroatoms. The topological polar surface area (TPSA) is 111 Å². The summed E-state index contributed by atoms with van der Waals surface area (Å²) in [6.07, 6.45) is 11.3. The molecule has 1 saturated carbocycles. The van der Waals surface area contributed by atoms with Crippen LogP contribution in [0.15, 0.2) is 107 Å². The maximum atomic E-state index is 10.5. The van der Waals surface area contributed by atoms with Gasteiger partial charge in [0.2, 0.25) is 11.9 Å². The number of aliphatic hydroxyl groups is 1. The Morgan fingerprint density at radius 3 is 2.66 bits per heavy atom. The molecular weight excluding hydrogens is 584 g/mol. The van der Waals surface area contributed by atoms with Crippen molar-refractivity contribution in [3.8, 4) is 0 Å². The second kappa shape index (κ2) is 12.6. The fourth-order valence-electron chi connectivity index (χ4n) is 7.40. The maximum Gasteiger partial charge on any atom is 0.209 e. The standard InChI is InChI=1S/C39H40N6O2/c40-39(44-36(23-41-30-14-6-8-16-34(30)46)42-24-37-43-31-15-7-9-17-35(31)47-37)45-32-20-19-27(25-10-2-1-3-11-25)22-29(32)38-28-13-5-4-12-26(28)18-21-33(38)45/h4-5,7-9,12-13,15-22,25,36,41-42,46H,1-3,6,10-11,14,23-24H2,(H2,40,44). The van der Waals surface area contributed by atoms with E-state index in [2.05, 4.69) is 75.5 Å². The van der Waals surface area contributed by atoms with Crippen LogP contribution in [0.1, 0.15) is 62.3 Å². The molecule has 5 N–H and O–H groups in total. The summed E-state index contributed by atoms with van der Waals surface area (Å²) in [5.41, 5.74) is 5.77. The molecule has 1 atom stereocenters. The minimum atomic E-state index is -0.377. The highest BCUT2D eigenvalue weighted by Gasteiger charge is 2.22. The van der Waals surface area contributed by atoms with E-state index in [0.717, 1.165) is 40.7 Å². The van der Waals surface area contributed by atoms with Gasteiger partial charge in [-0.25, -0.2) is 4.98 Å². The third-order valence-corrected chi connectivity index (χ3v) is 9.79. The minimum Gasteiger partial charge on any atom is -0.506 e. The first-order valence-corrected chi connectivity index (χ1v) is 16.8. The smallest absolute Gasteiger partial charge is 0.209 e. The Hall–Kier alpha value is -5.08. The van der Waals surface area contributed by atoms with Crippen LogP contribution >= 0.6 is 0 Å². The van der Waals surface area contributed by atoms with Gasteiger partial charge in [0.1, 0.15) is 11.3 Å². The number of aromatic nitrogens is 2. The van der Waals surface area contributed by atoms with Crippen molar-refractivity contribution in [3.63, 3.8) is 0 Å². The molecule has 0 saturated heterocycles. The molecule has 238 valence electrons. The van der Waals surface area contributed by atoms with Crippen molar-refractivity contribution in [2.24, 2.45) is 0 Å². The zero-order valence-electron chi connectivity index (χ0n) is 26.4. The predicted molar refractivity (Wildman–Crippen MR) is 190 cm³/mol. The fraction of sp³-hybridized carbons (Fsp3) is 0.282. The van der Waals surface area contributed by atoms with Crippen molar-refractivity contribution in [2.45, 2.75) is 63.6 Å². The van der Waals surface area contributed by atoms with E-state index in [-0.39, 0.29) is 17.9 Å². The first-order valence-electron chi connectivity index (χ1n) is 16.8. The van der Waals surface area contributed by atoms with Crippen LogP contribution in [0, 0.1) is 5.41 Å². The molecule has 1 fully saturated rings. The Morgan fingerprint density at radius 2 is 1.79 bits per heavy atom. The van der Waals surface area contributed by atoms with E-state index in [9.17, 15) is 10.5 Å². The molecule has 2 aliphatic rings. The van der Waals surface area contributed by atoms with Crippen LogP contribution in [0.5, 0.6) is 0 Å². The number of allylic oxidation sites excluding steroid dienone is 3. The Kier molecular flexibility index (Phi) is 7.87. The number of benzene rings is 4. The summed E-state index contributed by atoms with van der Waals surface area (Å²) in [6.45, 7) is 0.802. The van der Waals surface area contributed by atoms with Gasteiger partial charge in [-0.2, -0.15) is 0 Å². The van der Waals surface area contributed by atoms with Crippen molar-refractivity contribution in [3.05, 3.63) is 114 Å². The molecule has 47 heavy (non-hydrogen) atoms. The van der Waals surface area contributed by atoms with Crippen molar-refractivity contribution >= 4 is 49.6 Å². The van der Waals surface area contributed by atoms with Crippen LogP contribution in [0.2, 0.25) is 0 Å². The summed E-state index contributed by atoms with van der Waals surface area (Å²) < 4.78 is 8.02. The highest BCUT2D eigenvalue weighted by atomic mass is 16.3. The second-order valence-electron chi connectivity index (χ2n) is 12.8. The SMILES string of the molecule is N=C(NC(CNC1=C(O)C=CCC1)NCc1nc2ccccc2o1)n1c2ccc(C3CCCCC3)cc2c2c3ccccc3ccc21. The van der Waals surface area contributed by atoms with Crippen molar-refractivity contribution < 1.29 is 9.52 Å². The van der Waals surface area contributed by atoms with Gasteiger partial charge in [0, 0.05) is 17.3 Å². The molecule has 2 aromatic heterocycles. The summed E-state index contributed by atoms with van der Waals surface area (Å²) in [5.74, 6) is 1.69. The summed E-state index contributed by atoms with van der Waals surface area (Å²) in [6, 6.07) is 27.4. The second-order valence-corrected chi connectivity index (χ2v) is 12.8. The number of hydrogen-bond donors (Lipinski definition) is 5. The molecule has 0 bridgehead atoms. The number of oxazole rings is 1. The molecule has 1 unspecified atom stereocenters. The highest BCUT2D eigenvalue weighted by molar-refractivity contribution is 6.23. The first kappa shape index (κ1) is 29.3. The lowest BCUT2D eigenvalue weighted by atomic mass is 9.83. The Morgan fingerprint density at radius 1 is 0.957 bits per heavy atom. The molecule has 8 rings (SSSR count). The molecule has 2 heterocycles. The Bertz CT molecular complexity index is 2130. The third kappa shape index (κ3) is 5.74. The first-order chi connectivity index (χ1) is 23.1. The van der Waals surface area contributed by atoms with Crippen molar-refractivity contribution in [1.82, 2.24) is 25.5 Å². The molecule has 4 aromatic carbocycles. The molecule has 0 spiro atoms. The third-order valence-electron chi connectivity index (χ3n) is 9.79. The number of rotatable bonds is 8. The monoisotopic (exact) mass is 624 g/mol. The number of para-hydroxylation sites is 2. The zero-order valence-corrected chi connectivity index (χ0v) is 26.4. The maximum absolute atomic E-state index is 10.5. The average Bonchev–Trinajstić information content (AvgIpc) is 3.69. The summed E-state index contributed by atoms with van der Waals surface area (Å²) in [5, 5.41) is 35.1. The number of hydrogen-bond acceptors (Lipinski definition) is 6. The van der Waals surface area contributed by atoms with E-state index < -0.39 is 0 Å². The van der Waals surface area contributed by atoms with Gasteiger partial charge in [-0.1, -0.05) is 73.9 Å². The molecule has 0 aliphatic heterocycles. The van der Waals surface area contributed by atoms with E-state index in [4.69, 9.17) is 4.42 Å². The number of aliphatic hydroxyl groups excluding tert-OH is 1. The lowest BCUT2D eigenvalue weighted by Gasteiger charge is -2.24. The molecule has 0 radical (unpaired) electrons. The zero-order chi connectivity index (χ0) is 31.7. The van der Waals surface area contributed by atoms with Gasteiger partial charge in [-0.15, -0.1) is 0 Å². The van der Waals surface area contributed by atoms with Gasteiger partial charge in [0.25, 0.3) is 0 Å². The highest BCUT2D eigenvalue weighted by Crippen LogP contribution is 2.39. The normalized spacial score (nSPS) is 16.4. The Balaban J connectivity index is 1.15. The summed E-state index contributed by atoms with van der Waals surface area (Å²) in [4.78, 5) is 4.64. The lowest BCUT2D eigenvalue weighted by Crippen LogP contribution is -2.52. The van der Waals surface area contributed by atoms with Crippen LogP contribution in [0.3, 0.4) is 0 Å². The number of nitrogens with zero attached hydrogens (tertiary/aromatic N) is 2. The number of nitrogens with one attached hydrogen (secondary N) is 4. The van der Waals surface area contributed by atoms with Crippen LogP contribution in [0.25, 0.3) is 43.7 Å². The summed E-state index contributed by atoms with van der Waals surface area (Å²) in [7, 11) is 0. The number of fused-ring (bicyclic) bond motifs is 6. The van der Waals surface area contributed by atoms with E-state index in [1.807, 2.05) is 34.9 Å². The van der Waals surface area contributed by atoms with Crippen LogP contribution in [-0.4, -0.2) is 33.3 Å². The van der Waals surface area contributed by atoms with Gasteiger partial charge in [0.15, 0.2) is 5.58 Å². The Labute approximate surface area is 273 Å². The largest absolute Gasteiger partial charge is 0.506 e. The fourth-order valence-corrected chi connectivity index (χ4v) is 7.40. The van der Waals surface area contributed by atoms with Gasteiger partial charge < -0.3 is 20.2 Å². The van der Waals surface area contributed by atoms with E-state index in [0.29, 0.717) is 24.9 Å². The van der Waals surface area contributed by atoms with E-state index >= 15 is 0 Å². The average molecular weight is 625 g/mol. The van der Waals surface area contributed by atoms with Gasteiger partial charge in [-0.05, 0) is 84.3 Å². The van der Waals surface area contributed by atoms with Crippen molar-refractivity contribution in [1.29, 1.82) is 5.41 Å². The molecular formula is C39H40N6O2. The van der Waals surface area contributed by atoms with Crippen molar-refractivity contribution in [2.75, 3.05) is 6.54 Å². The molecule has 0 amide bonds. The molecule has 8 nitrogen and oxygen atoms in total. The van der Waals surface area contributed by atoms with Crippen LogP contribution in [0.4, 0.5) is 0 Å². The molecule has 2 aliphatic carbocycles. The van der Waals surface area contributed by atoms with Crippen LogP contribution in [-0.2, 0) is 6.54 Å². The predicted octanol–water partition coefficient (Wildman–Crippen LogP) is 8.33. The van der Waals surface area contributed by atoms with Crippen LogP contribution < -0.4 is 16.0 Å².